The molecule has 0 aliphatic heterocycles. The summed E-state index contributed by atoms with van der Waals surface area (Å²) in [6, 6.07) is 5.00. The molecule has 0 saturated heterocycles. The minimum absolute atomic E-state index is 0.152. The average molecular weight is 345 g/mol. The van der Waals surface area contributed by atoms with Crippen molar-refractivity contribution in [3.05, 3.63) is 47.3 Å². The van der Waals surface area contributed by atoms with Crippen LogP contribution in [0.3, 0.4) is 0 Å². The molecule has 23 heavy (non-hydrogen) atoms. The van der Waals surface area contributed by atoms with E-state index < -0.39 is 17.6 Å². The summed E-state index contributed by atoms with van der Waals surface area (Å²) in [6.45, 7) is -0.467. The largest absolute Gasteiger partial charge is 0.416 e. The van der Waals surface area contributed by atoms with Gasteiger partial charge in [-0.15, -0.1) is 0 Å². The Morgan fingerprint density at radius 3 is 2.74 bits per heavy atom. The van der Waals surface area contributed by atoms with Crippen LogP contribution in [0.2, 0.25) is 0 Å². The van der Waals surface area contributed by atoms with E-state index in [9.17, 15) is 23.1 Å². The average Bonchev–Trinajstić information content (AvgIpc) is 2.86. The summed E-state index contributed by atoms with van der Waals surface area (Å²) < 4.78 is 39.5. The van der Waals surface area contributed by atoms with E-state index in [0.717, 1.165) is 23.9 Å². The predicted molar refractivity (Wildman–Crippen MR) is 78.3 cm³/mol. The Balaban J connectivity index is 2.15. The van der Waals surface area contributed by atoms with E-state index >= 15 is 0 Å². The van der Waals surface area contributed by atoms with Gasteiger partial charge in [-0.3, -0.25) is 4.79 Å². The molecule has 2 aromatic rings. The number of nitrogens with zero attached hydrogens (tertiary/aromatic N) is 2. The third-order valence-electron chi connectivity index (χ3n) is 3.00. The molecule has 124 valence electrons. The fraction of sp³-hybridized carbons (Fsp3) is 0.286. The maximum Gasteiger partial charge on any atom is 0.416 e. The van der Waals surface area contributed by atoms with E-state index in [-0.39, 0.29) is 18.9 Å². The molecule has 0 unspecified atom stereocenters. The van der Waals surface area contributed by atoms with Crippen molar-refractivity contribution in [2.75, 3.05) is 0 Å². The van der Waals surface area contributed by atoms with Crippen LogP contribution in [-0.2, 0) is 29.9 Å². The maximum absolute atomic E-state index is 12.7. The van der Waals surface area contributed by atoms with Crippen LogP contribution >= 0.6 is 11.8 Å². The minimum Gasteiger partial charge on any atom is -0.390 e. The number of carbonyl (C=O) groups excluding carboxylic acids is 1. The smallest absolute Gasteiger partial charge is 0.390 e. The third kappa shape index (κ3) is 4.49. The molecule has 2 rings (SSSR count). The molecule has 9 heteroatoms. The van der Waals surface area contributed by atoms with Crippen LogP contribution in [0.5, 0.6) is 0 Å². The second-order valence-electron chi connectivity index (χ2n) is 4.73. The van der Waals surface area contributed by atoms with Crippen molar-refractivity contribution in [2.45, 2.75) is 30.2 Å². The molecular weight excluding hydrogens is 331 g/mol. The first-order chi connectivity index (χ1) is 10.8. The van der Waals surface area contributed by atoms with E-state index in [0.29, 0.717) is 16.4 Å². The minimum atomic E-state index is -4.39. The number of primary amides is 1. The van der Waals surface area contributed by atoms with Crippen LogP contribution < -0.4 is 5.73 Å². The molecule has 3 N–H and O–H groups in total. The molecule has 0 fully saturated rings. The van der Waals surface area contributed by atoms with E-state index in [4.69, 9.17) is 5.73 Å². The van der Waals surface area contributed by atoms with Gasteiger partial charge in [0.2, 0.25) is 5.91 Å². The van der Waals surface area contributed by atoms with E-state index in [2.05, 4.69) is 4.98 Å². The predicted octanol–water partition coefficient (Wildman–Crippen LogP) is 2.17. The van der Waals surface area contributed by atoms with Crippen LogP contribution in [-0.4, -0.2) is 20.6 Å². The molecule has 0 radical (unpaired) electrons. The van der Waals surface area contributed by atoms with Gasteiger partial charge in [-0.25, -0.2) is 4.98 Å². The van der Waals surface area contributed by atoms with Crippen molar-refractivity contribution in [2.24, 2.45) is 5.73 Å². The molecule has 1 heterocycles. The van der Waals surface area contributed by atoms with E-state index in [1.165, 1.54) is 16.8 Å². The highest BCUT2D eigenvalue weighted by Gasteiger charge is 2.30. The van der Waals surface area contributed by atoms with Crippen molar-refractivity contribution in [1.82, 2.24) is 9.55 Å². The normalized spacial score (nSPS) is 11.7. The van der Waals surface area contributed by atoms with Crippen molar-refractivity contribution in [3.63, 3.8) is 0 Å². The topological polar surface area (TPSA) is 81.1 Å². The number of benzene rings is 1. The number of alkyl halides is 3. The number of halogens is 3. The highest BCUT2D eigenvalue weighted by atomic mass is 32.2. The number of thioether (sulfide) groups is 1. The lowest BCUT2D eigenvalue weighted by atomic mass is 10.1. The summed E-state index contributed by atoms with van der Waals surface area (Å²) in [5.41, 5.74) is 5.32. The molecule has 0 bridgehead atoms. The lowest BCUT2D eigenvalue weighted by Crippen LogP contribution is -2.20. The molecule has 1 aromatic heterocycles. The maximum atomic E-state index is 12.7. The second-order valence-corrected chi connectivity index (χ2v) is 5.67. The van der Waals surface area contributed by atoms with Crippen LogP contribution in [0.1, 0.15) is 16.8 Å². The zero-order valence-corrected chi connectivity index (χ0v) is 12.7. The van der Waals surface area contributed by atoms with E-state index in [1.807, 2.05) is 0 Å². The molecule has 0 spiro atoms. The number of aliphatic hydroxyl groups is 1. The highest BCUT2D eigenvalue weighted by Crippen LogP contribution is 2.31. The second kappa shape index (κ2) is 7.05. The Morgan fingerprint density at radius 1 is 1.39 bits per heavy atom. The number of amides is 1. The number of aliphatic hydroxyl groups excluding tert-OH is 1. The van der Waals surface area contributed by atoms with E-state index in [1.54, 1.807) is 6.07 Å². The highest BCUT2D eigenvalue weighted by molar-refractivity contribution is 7.98. The third-order valence-corrected chi connectivity index (χ3v) is 4.06. The summed E-state index contributed by atoms with van der Waals surface area (Å²) in [5.74, 6) is -0.358. The van der Waals surface area contributed by atoms with Crippen LogP contribution in [0, 0.1) is 0 Å². The molecular formula is C14H14F3N3O2S. The van der Waals surface area contributed by atoms with Crippen molar-refractivity contribution in [1.29, 1.82) is 0 Å². The van der Waals surface area contributed by atoms with Gasteiger partial charge in [-0.1, -0.05) is 30.0 Å². The van der Waals surface area contributed by atoms with Gasteiger partial charge in [-0.05, 0) is 11.6 Å². The van der Waals surface area contributed by atoms with Crippen LogP contribution in [0.25, 0.3) is 0 Å². The van der Waals surface area contributed by atoms with Gasteiger partial charge < -0.3 is 15.4 Å². The Bertz CT molecular complexity index is 701. The zero-order valence-electron chi connectivity index (χ0n) is 11.9. The Labute approximate surface area is 134 Å². The van der Waals surface area contributed by atoms with Crippen LogP contribution in [0.15, 0.2) is 35.6 Å². The Hall–Kier alpha value is -2.00. The number of aromatic nitrogens is 2. The first-order valence-electron chi connectivity index (χ1n) is 6.53. The van der Waals surface area contributed by atoms with Crippen LogP contribution in [0.4, 0.5) is 13.2 Å². The quantitative estimate of drug-likeness (QED) is 0.786. The summed E-state index contributed by atoms with van der Waals surface area (Å²) in [5, 5.41) is 9.62. The zero-order chi connectivity index (χ0) is 17.0. The molecule has 5 nitrogen and oxygen atoms in total. The molecule has 1 aromatic carbocycles. The SMILES string of the molecule is NC(=O)Cn1c(CO)cnc1SCc1cccc(C(F)(F)F)c1. The van der Waals surface area contributed by atoms with Crippen molar-refractivity contribution < 1.29 is 23.1 Å². The number of rotatable bonds is 6. The number of hydrogen-bond acceptors (Lipinski definition) is 4. The van der Waals surface area contributed by atoms with Gasteiger partial charge in [0.15, 0.2) is 5.16 Å². The lowest BCUT2D eigenvalue weighted by molar-refractivity contribution is -0.137. The molecule has 0 aliphatic carbocycles. The summed E-state index contributed by atoms with van der Waals surface area (Å²) in [4.78, 5) is 15.1. The summed E-state index contributed by atoms with van der Waals surface area (Å²) >= 11 is 1.16. The molecule has 1 amide bonds. The van der Waals surface area contributed by atoms with Gasteiger partial charge in [0.25, 0.3) is 0 Å². The van der Waals surface area contributed by atoms with Gasteiger partial charge in [0.1, 0.15) is 6.54 Å². The first-order valence-corrected chi connectivity index (χ1v) is 7.52. The summed E-state index contributed by atoms with van der Waals surface area (Å²) in [6.07, 6.45) is -2.99. The van der Waals surface area contributed by atoms with Gasteiger partial charge in [0.05, 0.1) is 24.1 Å². The molecule has 0 aliphatic rings. The number of nitrogens with two attached hydrogens (primary N) is 1. The fourth-order valence-electron chi connectivity index (χ4n) is 1.94. The van der Waals surface area contributed by atoms with Gasteiger partial charge in [0, 0.05) is 5.75 Å². The number of hydrogen-bond donors (Lipinski definition) is 2. The molecule has 0 saturated carbocycles. The number of imidazole rings is 1. The standard InChI is InChI=1S/C14H14F3N3O2S/c15-14(16,17)10-3-1-2-9(4-10)8-23-13-19-5-11(7-21)20(13)6-12(18)22/h1-5,21H,6-8H2,(H2,18,22). The summed E-state index contributed by atoms with van der Waals surface area (Å²) in [7, 11) is 0. The number of carbonyl (C=O) groups is 1. The monoisotopic (exact) mass is 345 g/mol. The fourth-order valence-corrected chi connectivity index (χ4v) is 2.88. The molecule has 0 atom stereocenters. The van der Waals surface area contributed by atoms with Crippen molar-refractivity contribution in [3.8, 4) is 0 Å². The Morgan fingerprint density at radius 2 is 2.13 bits per heavy atom. The first kappa shape index (κ1) is 17.4. The van der Waals surface area contributed by atoms with Crippen molar-refractivity contribution >= 4 is 17.7 Å². The van der Waals surface area contributed by atoms with Gasteiger partial charge >= 0.3 is 6.18 Å². The Kier molecular flexibility index (Phi) is 5.32. The van der Waals surface area contributed by atoms with Gasteiger partial charge in [-0.2, -0.15) is 13.2 Å². The lowest BCUT2D eigenvalue weighted by Gasteiger charge is -2.10.